The molecule has 2 fully saturated rings. The number of hydrogen-bond acceptors (Lipinski definition) is 4. The van der Waals surface area contributed by atoms with Gasteiger partial charge in [-0.25, -0.2) is 0 Å². The molecule has 4 unspecified atom stereocenters. The molecule has 0 aromatic carbocycles. The van der Waals surface area contributed by atoms with Crippen LogP contribution in [0.2, 0.25) is 0 Å². The largest absolute Gasteiger partial charge is 0.379 e. The zero-order valence-corrected chi connectivity index (χ0v) is 16.7. The van der Waals surface area contributed by atoms with Crippen LogP contribution in [0, 0.1) is 0 Å². The van der Waals surface area contributed by atoms with Crippen LogP contribution in [0.4, 0.5) is 0 Å². The number of morpholine rings is 1. The van der Waals surface area contributed by atoms with Gasteiger partial charge in [0.1, 0.15) is 0 Å². The van der Waals surface area contributed by atoms with Gasteiger partial charge in [0.25, 0.3) is 0 Å². The van der Waals surface area contributed by atoms with Gasteiger partial charge in [-0.05, 0) is 45.8 Å². The Kier molecular flexibility index (Phi) is 8.70. The predicted octanol–water partition coefficient (Wildman–Crippen LogP) is 2.32. The van der Waals surface area contributed by atoms with E-state index in [4.69, 9.17) is 9.73 Å². The number of rotatable bonds is 7. The van der Waals surface area contributed by atoms with Gasteiger partial charge in [0.05, 0.1) is 19.8 Å². The monoisotopic (exact) mass is 356 g/mol. The summed E-state index contributed by atoms with van der Waals surface area (Å²) in [7, 11) is 0. The molecule has 2 rings (SSSR count). The van der Waals surface area contributed by atoms with Gasteiger partial charge in [-0.3, -0.25) is 9.89 Å². The van der Waals surface area contributed by atoms with Crippen LogP contribution < -0.4 is 10.6 Å². The van der Waals surface area contributed by atoms with Crippen molar-refractivity contribution in [3.63, 3.8) is 0 Å². The molecule has 0 amide bonds. The SMILES string of the molecule is CCNC(=NCC(C)N1CCOCC1C)NC1CCC(SCC)C1. The lowest BCUT2D eigenvalue weighted by Gasteiger charge is -2.37. The fraction of sp³-hybridized carbons (Fsp3) is 0.944. The molecule has 1 saturated heterocycles. The van der Waals surface area contributed by atoms with Crippen molar-refractivity contribution in [2.24, 2.45) is 4.99 Å². The van der Waals surface area contributed by atoms with Gasteiger partial charge in [0.15, 0.2) is 5.96 Å². The van der Waals surface area contributed by atoms with Crippen molar-refractivity contribution in [1.82, 2.24) is 15.5 Å². The zero-order valence-electron chi connectivity index (χ0n) is 15.9. The van der Waals surface area contributed by atoms with Gasteiger partial charge in [0.2, 0.25) is 0 Å². The van der Waals surface area contributed by atoms with E-state index in [0.717, 1.165) is 44.1 Å². The van der Waals surface area contributed by atoms with Crippen molar-refractivity contribution in [2.45, 2.75) is 70.3 Å². The predicted molar refractivity (Wildman–Crippen MR) is 105 cm³/mol. The number of aliphatic imine (C=N–C) groups is 1. The maximum absolute atomic E-state index is 5.54. The van der Waals surface area contributed by atoms with Gasteiger partial charge in [-0.2, -0.15) is 11.8 Å². The second kappa shape index (κ2) is 10.5. The van der Waals surface area contributed by atoms with E-state index < -0.39 is 0 Å². The van der Waals surface area contributed by atoms with Crippen LogP contribution in [-0.2, 0) is 4.74 Å². The summed E-state index contributed by atoms with van der Waals surface area (Å²) >= 11 is 2.10. The molecule has 1 heterocycles. The molecule has 1 aliphatic heterocycles. The van der Waals surface area contributed by atoms with Crippen LogP contribution in [0.1, 0.15) is 47.0 Å². The highest BCUT2D eigenvalue weighted by Gasteiger charge is 2.26. The first kappa shape index (κ1) is 19.9. The smallest absolute Gasteiger partial charge is 0.191 e. The van der Waals surface area contributed by atoms with E-state index in [1.54, 1.807) is 0 Å². The van der Waals surface area contributed by atoms with Crippen LogP contribution in [0.5, 0.6) is 0 Å². The van der Waals surface area contributed by atoms with Gasteiger partial charge < -0.3 is 15.4 Å². The van der Waals surface area contributed by atoms with E-state index >= 15 is 0 Å². The molecule has 0 spiro atoms. The number of nitrogens with zero attached hydrogens (tertiary/aromatic N) is 2. The maximum Gasteiger partial charge on any atom is 0.191 e. The lowest BCUT2D eigenvalue weighted by atomic mass is 10.2. The molecule has 2 N–H and O–H groups in total. The van der Waals surface area contributed by atoms with Crippen molar-refractivity contribution in [2.75, 3.05) is 38.6 Å². The standard InChI is InChI=1S/C18H36N4OS/c1-5-19-18(21-16-7-8-17(11-16)24-6-2)20-12-14(3)22-9-10-23-13-15(22)4/h14-17H,5-13H2,1-4H3,(H2,19,20,21). The van der Waals surface area contributed by atoms with Crippen LogP contribution >= 0.6 is 11.8 Å². The molecule has 4 atom stereocenters. The van der Waals surface area contributed by atoms with Crippen LogP contribution in [0.3, 0.4) is 0 Å². The van der Waals surface area contributed by atoms with Crippen molar-refractivity contribution >= 4 is 17.7 Å². The Morgan fingerprint density at radius 3 is 2.92 bits per heavy atom. The van der Waals surface area contributed by atoms with Crippen LogP contribution in [0.25, 0.3) is 0 Å². The average molecular weight is 357 g/mol. The quantitative estimate of drug-likeness (QED) is 0.542. The second-order valence-electron chi connectivity index (χ2n) is 6.96. The third kappa shape index (κ3) is 6.12. The van der Waals surface area contributed by atoms with E-state index in [9.17, 15) is 0 Å². The summed E-state index contributed by atoms with van der Waals surface area (Å²) in [4.78, 5) is 7.38. The van der Waals surface area contributed by atoms with E-state index in [2.05, 4.69) is 55.0 Å². The molecule has 0 aromatic rings. The first-order valence-electron chi connectivity index (χ1n) is 9.63. The maximum atomic E-state index is 5.54. The highest BCUT2D eigenvalue weighted by Crippen LogP contribution is 2.29. The van der Waals surface area contributed by atoms with E-state index in [0.29, 0.717) is 18.1 Å². The topological polar surface area (TPSA) is 48.9 Å². The Morgan fingerprint density at radius 2 is 2.21 bits per heavy atom. The summed E-state index contributed by atoms with van der Waals surface area (Å²) in [6.07, 6.45) is 3.86. The third-order valence-corrected chi connectivity index (χ3v) is 6.20. The molecule has 0 bridgehead atoms. The fourth-order valence-corrected chi connectivity index (χ4v) is 4.84. The molecular weight excluding hydrogens is 320 g/mol. The Bertz CT molecular complexity index is 393. The highest BCUT2D eigenvalue weighted by molar-refractivity contribution is 7.99. The highest BCUT2D eigenvalue weighted by atomic mass is 32.2. The van der Waals surface area contributed by atoms with Gasteiger partial charge >= 0.3 is 0 Å². The molecule has 0 radical (unpaired) electrons. The van der Waals surface area contributed by atoms with Crippen molar-refractivity contribution in [3.05, 3.63) is 0 Å². The van der Waals surface area contributed by atoms with Crippen LogP contribution in [-0.4, -0.2) is 72.8 Å². The first-order valence-corrected chi connectivity index (χ1v) is 10.7. The van der Waals surface area contributed by atoms with E-state index in [1.165, 1.54) is 25.0 Å². The Balaban J connectivity index is 1.83. The molecule has 2 aliphatic rings. The second-order valence-corrected chi connectivity index (χ2v) is 8.54. The summed E-state index contributed by atoms with van der Waals surface area (Å²) in [6.45, 7) is 13.3. The summed E-state index contributed by atoms with van der Waals surface area (Å²) in [5.41, 5.74) is 0. The summed E-state index contributed by atoms with van der Waals surface area (Å²) in [6, 6.07) is 1.51. The van der Waals surface area contributed by atoms with Gasteiger partial charge in [0, 0.05) is 36.5 Å². The molecule has 0 aromatic heterocycles. The van der Waals surface area contributed by atoms with Crippen molar-refractivity contribution in [3.8, 4) is 0 Å². The molecule has 140 valence electrons. The number of ether oxygens (including phenoxy) is 1. The third-order valence-electron chi connectivity index (χ3n) is 4.97. The minimum atomic E-state index is 0.450. The number of guanidine groups is 1. The molecule has 6 heteroatoms. The van der Waals surface area contributed by atoms with Crippen molar-refractivity contribution < 1.29 is 4.74 Å². The Hall–Kier alpha value is -0.460. The summed E-state index contributed by atoms with van der Waals surface area (Å²) < 4.78 is 5.54. The molecule has 1 aliphatic carbocycles. The molecule has 24 heavy (non-hydrogen) atoms. The molecule has 5 nitrogen and oxygen atoms in total. The zero-order chi connectivity index (χ0) is 17.4. The average Bonchev–Trinajstić information content (AvgIpc) is 3.00. The first-order chi connectivity index (χ1) is 11.6. The van der Waals surface area contributed by atoms with Crippen molar-refractivity contribution in [1.29, 1.82) is 0 Å². The van der Waals surface area contributed by atoms with Gasteiger partial charge in [-0.15, -0.1) is 0 Å². The Labute approximate surface area is 152 Å². The van der Waals surface area contributed by atoms with E-state index in [-0.39, 0.29) is 0 Å². The summed E-state index contributed by atoms with van der Waals surface area (Å²) in [5, 5.41) is 7.89. The lowest BCUT2D eigenvalue weighted by Crippen LogP contribution is -2.50. The van der Waals surface area contributed by atoms with Crippen LogP contribution in [0.15, 0.2) is 4.99 Å². The molecule has 1 saturated carbocycles. The summed E-state index contributed by atoms with van der Waals surface area (Å²) in [5.74, 6) is 2.21. The number of nitrogens with one attached hydrogen (secondary N) is 2. The van der Waals surface area contributed by atoms with Gasteiger partial charge in [-0.1, -0.05) is 6.92 Å². The molecular formula is C18H36N4OS. The van der Waals surface area contributed by atoms with E-state index in [1.807, 2.05) is 0 Å². The fourth-order valence-electron chi connectivity index (χ4n) is 3.69. The Morgan fingerprint density at radius 1 is 1.38 bits per heavy atom. The lowest BCUT2D eigenvalue weighted by molar-refractivity contribution is -0.0165. The minimum Gasteiger partial charge on any atom is -0.379 e. The number of hydrogen-bond donors (Lipinski definition) is 2. The number of thioether (sulfide) groups is 1. The normalized spacial score (nSPS) is 30.3. The minimum absolute atomic E-state index is 0.450.